The summed E-state index contributed by atoms with van der Waals surface area (Å²) in [5, 5.41) is 19.9. The van der Waals surface area contributed by atoms with Crippen LogP contribution >= 0.6 is 0 Å². The van der Waals surface area contributed by atoms with Crippen molar-refractivity contribution in [2.75, 3.05) is 6.54 Å². The predicted octanol–water partition coefficient (Wildman–Crippen LogP) is 1.37. The van der Waals surface area contributed by atoms with Gasteiger partial charge in [-0.15, -0.1) is 0 Å². The maximum absolute atomic E-state index is 11.0. The van der Waals surface area contributed by atoms with Crippen molar-refractivity contribution in [3.63, 3.8) is 0 Å². The van der Waals surface area contributed by atoms with E-state index in [9.17, 15) is 10.1 Å². The van der Waals surface area contributed by atoms with Crippen LogP contribution in [0.2, 0.25) is 0 Å². The molecule has 2 rings (SSSR count). The van der Waals surface area contributed by atoms with E-state index in [4.69, 9.17) is 15.7 Å². The van der Waals surface area contributed by atoms with Crippen molar-refractivity contribution in [2.24, 2.45) is 11.7 Å². The number of nitrogens with two attached hydrogens (primary N) is 1. The van der Waals surface area contributed by atoms with Crippen LogP contribution in [0.25, 0.3) is 0 Å². The van der Waals surface area contributed by atoms with Gasteiger partial charge in [0.15, 0.2) is 0 Å². The molecule has 0 spiro atoms. The lowest BCUT2D eigenvalue weighted by atomic mass is 10.1. The van der Waals surface area contributed by atoms with Gasteiger partial charge in [-0.1, -0.05) is 0 Å². The zero-order chi connectivity index (χ0) is 13.8. The van der Waals surface area contributed by atoms with Crippen LogP contribution in [0.15, 0.2) is 12.3 Å². The lowest BCUT2D eigenvalue weighted by molar-refractivity contribution is -0.386. The van der Waals surface area contributed by atoms with E-state index in [-0.39, 0.29) is 29.2 Å². The summed E-state index contributed by atoms with van der Waals surface area (Å²) < 4.78 is 5.63. The second-order valence-electron chi connectivity index (χ2n) is 4.46. The molecule has 1 heterocycles. The van der Waals surface area contributed by atoms with Gasteiger partial charge >= 0.3 is 5.69 Å². The van der Waals surface area contributed by atoms with E-state index in [2.05, 4.69) is 4.98 Å². The van der Waals surface area contributed by atoms with Gasteiger partial charge in [-0.3, -0.25) is 10.1 Å². The quantitative estimate of drug-likeness (QED) is 0.647. The van der Waals surface area contributed by atoms with Gasteiger partial charge in [0.2, 0.25) is 0 Å². The fourth-order valence-electron chi connectivity index (χ4n) is 2.36. The van der Waals surface area contributed by atoms with E-state index in [1.165, 1.54) is 12.3 Å². The SMILES string of the molecule is N#Cc1ccnc(OC2CCCC2CN)c1[N+](=O)[O-]. The Labute approximate surface area is 110 Å². The molecule has 0 saturated heterocycles. The van der Waals surface area contributed by atoms with Gasteiger partial charge < -0.3 is 10.5 Å². The van der Waals surface area contributed by atoms with Crippen molar-refractivity contribution in [2.45, 2.75) is 25.4 Å². The molecule has 0 radical (unpaired) electrons. The van der Waals surface area contributed by atoms with Crippen LogP contribution in [-0.2, 0) is 0 Å². The number of ether oxygens (including phenoxy) is 1. The number of hydrogen-bond acceptors (Lipinski definition) is 6. The van der Waals surface area contributed by atoms with Crippen molar-refractivity contribution in [1.29, 1.82) is 5.26 Å². The first-order chi connectivity index (χ1) is 9.17. The van der Waals surface area contributed by atoms with E-state index in [1.807, 2.05) is 0 Å². The monoisotopic (exact) mass is 262 g/mol. The Morgan fingerprint density at radius 3 is 3.05 bits per heavy atom. The van der Waals surface area contributed by atoms with Crippen LogP contribution in [0.1, 0.15) is 24.8 Å². The molecule has 2 N–H and O–H groups in total. The molecule has 1 aliphatic rings. The van der Waals surface area contributed by atoms with Crippen LogP contribution in [-0.4, -0.2) is 22.6 Å². The van der Waals surface area contributed by atoms with E-state index in [0.29, 0.717) is 6.54 Å². The Morgan fingerprint density at radius 2 is 2.42 bits per heavy atom. The van der Waals surface area contributed by atoms with Crippen molar-refractivity contribution in [1.82, 2.24) is 4.98 Å². The molecule has 1 aliphatic carbocycles. The third-order valence-electron chi connectivity index (χ3n) is 3.35. The Hall–Kier alpha value is -2.20. The highest BCUT2D eigenvalue weighted by Gasteiger charge is 2.31. The summed E-state index contributed by atoms with van der Waals surface area (Å²) in [6.45, 7) is 0.483. The molecule has 19 heavy (non-hydrogen) atoms. The fraction of sp³-hybridized carbons (Fsp3) is 0.500. The van der Waals surface area contributed by atoms with Gasteiger partial charge in [0, 0.05) is 12.1 Å². The summed E-state index contributed by atoms with van der Waals surface area (Å²) in [4.78, 5) is 14.3. The highest BCUT2D eigenvalue weighted by molar-refractivity contribution is 5.54. The number of aromatic nitrogens is 1. The summed E-state index contributed by atoms with van der Waals surface area (Å²) >= 11 is 0. The zero-order valence-corrected chi connectivity index (χ0v) is 10.3. The van der Waals surface area contributed by atoms with Crippen molar-refractivity contribution >= 4 is 5.69 Å². The van der Waals surface area contributed by atoms with Crippen molar-refractivity contribution in [3.05, 3.63) is 27.9 Å². The summed E-state index contributed by atoms with van der Waals surface area (Å²) in [7, 11) is 0. The van der Waals surface area contributed by atoms with Crippen LogP contribution in [0, 0.1) is 27.4 Å². The van der Waals surface area contributed by atoms with Crippen molar-refractivity contribution in [3.8, 4) is 11.9 Å². The first-order valence-corrected chi connectivity index (χ1v) is 6.07. The van der Waals surface area contributed by atoms with Gasteiger partial charge in [0.05, 0.1) is 4.92 Å². The number of nitrogens with zero attached hydrogens (tertiary/aromatic N) is 3. The molecule has 0 aliphatic heterocycles. The molecule has 2 atom stereocenters. The van der Waals surface area contributed by atoms with Gasteiger partial charge in [0.25, 0.3) is 5.88 Å². The van der Waals surface area contributed by atoms with Gasteiger partial charge in [-0.05, 0) is 31.9 Å². The van der Waals surface area contributed by atoms with Crippen LogP contribution in [0.5, 0.6) is 5.88 Å². The summed E-state index contributed by atoms with van der Waals surface area (Å²) in [5.74, 6) is 0.0987. The van der Waals surface area contributed by atoms with Gasteiger partial charge in [0.1, 0.15) is 17.7 Å². The summed E-state index contributed by atoms with van der Waals surface area (Å²) in [6.07, 6.45) is 3.92. The molecular formula is C12H14N4O3. The molecule has 0 aromatic carbocycles. The molecule has 0 bridgehead atoms. The topological polar surface area (TPSA) is 115 Å². The summed E-state index contributed by atoms with van der Waals surface area (Å²) in [6, 6.07) is 3.09. The van der Waals surface area contributed by atoms with E-state index >= 15 is 0 Å². The smallest absolute Gasteiger partial charge is 0.348 e. The molecule has 1 fully saturated rings. The lowest BCUT2D eigenvalue weighted by Gasteiger charge is -2.18. The molecule has 1 aromatic heterocycles. The highest BCUT2D eigenvalue weighted by Crippen LogP contribution is 2.33. The third-order valence-corrected chi connectivity index (χ3v) is 3.35. The lowest BCUT2D eigenvalue weighted by Crippen LogP contribution is -2.28. The molecule has 0 amide bonds. The van der Waals surface area contributed by atoms with Crippen LogP contribution in [0.4, 0.5) is 5.69 Å². The highest BCUT2D eigenvalue weighted by atomic mass is 16.6. The number of nitriles is 1. The number of rotatable bonds is 4. The van der Waals surface area contributed by atoms with Gasteiger partial charge in [-0.25, -0.2) is 4.98 Å². The second-order valence-corrected chi connectivity index (χ2v) is 4.46. The van der Waals surface area contributed by atoms with Gasteiger partial charge in [-0.2, -0.15) is 5.26 Å². The minimum absolute atomic E-state index is 0.0442. The molecule has 1 aromatic rings. The normalized spacial score (nSPS) is 21.9. The molecule has 7 heteroatoms. The average molecular weight is 262 g/mol. The third kappa shape index (κ3) is 2.63. The molecule has 1 saturated carbocycles. The Balaban J connectivity index is 2.30. The number of hydrogen-bond donors (Lipinski definition) is 1. The first kappa shape index (κ1) is 13.2. The van der Waals surface area contributed by atoms with E-state index in [1.54, 1.807) is 6.07 Å². The van der Waals surface area contributed by atoms with Crippen LogP contribution in [0.3, 0.4) is 0 Å². The largest absolute Gasteiger partial charge is 0.469 e. The second kappa shape index (κ2) is 5.63. The van der Waals surface area contributed by atoms with Crippen LogP contribution < -0.4 is 10.5 Å². The molecule has 2 unspecified atom stereocenters. The maximum atomic E-state index is 11.0. The van der Waals surface area contributed by atoms with E-state index < -0.39 is 4.92 Å². The van der Waals surface area contributed by atoms with Crippen molar-refractivity contribution < 1.29 is 9.66 Å². The Bertz CT molecular complexity index is 526. The number of pyridine rings is 1. The average Bonchev–Trinajstić information content (AvgIpc) is 2.85. The molecular weight excluding hydrogens is 248 g/mol. The number of nitro groups is 1. The zero-order valence-electron chi connectivity index (χ0n) is 10.3. The Kier molecular flexibility index (Phi) is 3.92. The minimum Gasteiger partial charge on any atom is -0.469 e. The molecule has 7 nitrogen and oxygen atoms in total. The summed E-state index contributed by atoms with van der Waals surface area (Å²) in [5.41, 5.74) is 5.23. The molecule has 100 valence electrons. The predicted molar refractivity (Wildman–Crippen MR) is 66.4 cm³/mol. The maximum Gasteiger partial charge on any atom is 0.348 e. The minimum atomic E-state index is -0.632. The Morgan fingerprint density at radius 1 is 1.63 bits per heavy atom. The first-order valence-electron chi connectivity index (χ1n) is 6.07. The van der Waals surface area contributed by atoms with E-state index in [0.717, 1.165) is 19.3 Å². The fourth-order valence-corrected chi connectivity index (χ4v) is 2.36. The standard InChI is InChI=1S/C12H14N4O3/c13-6-8-2-1-3-10(8)19-12-11(16(17)18)9(7-14)4-5-15-12/h4-5,8,10H,1-3,6,13H2.